The third-order valence-corrected chi connectivity index (χ3v) is 4.63. The van der Waals surface area contributed by atoms with Crippen LogP contribution in [0, 0.1) is 6.92 Å². The number of carbonyl (C=O) groups is 2. The molecule has 3 aromatic heterocycles. The quantitative estimate of drug-likeness (QED) is 0.591. The molecular weight excluding hydrogens is 421 g/mol. The van der Waals surface area contributed by atoms with Crippen LogP contribution in [0.15, 0.2) is 23.1 Å². The number of aromatic nitrogens is 5. The zero-order chi connectivity index (χ0) is 22.2. The van der Waals surface area contributed by atoms with E-state index in [1.807, 2.05) is 0 Å². The Bertz CT molecular complexity index is 1130. The van der Waals surface area contributed by atoms with Crippen LogP contribution in [0.4, 0.5) is 18.0 Å². The zero-order valence-electron chi connectivity index (χ0n) is 16.2. The van der Waals surface area contributed by atoms with Gasteiger partial charge in [0.1, 0.15) is 5.69 Å². The van der Waals surface area contributed by atoms with Crippen molar-refractivity contribution in [3.63, 3.8) is 0 Å². The van der Waals surface area contributed by atoms with Crippen molar-refractivity contribution in [2.24, 2.45) is 0 Å². The Labute approximate surface area is 172 Å². The lowest BCUT2D eigenvalue weighted by Gasteiger charge is -2.15. The number of nitrogens with zero attached hydrogens (tertiary/aromatic N) is 6. The van der Waals surface area contributed by atoms with Crippen molar-refractivity contribution in [1.29, 1.82) is 0 Å². The minimum Gasteiger partial charge on any atom is -0.345 e. The van der Waals surface area contributed by atoms with Crippen LogP contribution >= 0.6 is 0 Å². The molecule has 0 aliphatic carbocycles. The van der Waals surface area contributed by atoms with E-state index >= 15 is 0 Å². The van der Waals surface area contributed by atoms with Gasteiger partial charge in [-0.2, -0.15) is 18.3 Å². The molecule has 0 radical (unpaired) electrons. The van der Waals surface area contributed by atoms with Crippen LogP contribution in [-0.4, -0.2) is 60.5 Å². The topological polar surface area (TPSA) is 131 Å². The molecule has 1 atom stereocenters. The summed E-state index contributed by atoms with van der Waals surface area (Å²) in [5, 5.41) is 16.3. The summed E-state index contributed by atoms with van der Waals surface area (Å²) < 4.78 is 43.6. The SMILES string of the molecule is Cc1nonc1C(=O)NCc1cn2ncc(CN3CC(CC(F)(F)F)NC3=O)cc2n1. The number of aryl methyl sites for hydroxylation is 1. The van der Waals surface area contributed by atoms with Gasteiger partial charge in [0.2, 0.25) is 0 Å². The Morgan fingerprint density at radius 3 is 2.90 bits per heavy atom. The number of hydrogen-bond donors (Lipinski definition) is 2. The lowest BCUT2D eigenvalue weighted by molar-refractivity contribution is -0.138. The highest BCUT2D eigenvalue weighted by Gasteiger charge is 2.38. The maximum absolute atomic E-state index is 12.5. The molecule has 3 aromatic rings. The van der Waals surface area contributed by atoms with Gasteiger partial charge in [-0.3, -0.25) is 4.79 Å². The van der Waals surface area contributed by atoms with Crippen molar-refractivity contribution in [2.75, 3.05) is 6.54 Å². The predicted octanol–water partition coefficient (Wildman–Crippen LogP) is 1.20. The van der Waals surface area contributed by atoms with Crippen LogP contribution in [0.25, 0.3) is 5.65 Å². The van der Waals surface area contributed by atoms with Gasteiger partial charge in [-0.15, -0.1) is 0 Å². The van der Waals surface area contributed by atoms with Crippen molar-refractivity contribution in [3.05, 3.63) is 41.1 Å². The molecule has 1 aliphatic heterocycles. The molecule has 0 saturated carbocycles. The van der Waals surface area contributed by atoms with Gasteiger partial charge in [-0.25, -0.2) is 18.9 Å². The molecule has 0 aromatic carbocycles. The van der Waals surface area contributed by atoms with Crippen molar-refractivity contribution < 1.29 is 27.4 Å². The Hall–Kier alpha value is -3.71. The Balaban J connectivity index is 1.39. The van der Waals surface area contributed by atoms with Gasteiger partial charge < -0.3 is 15.5 Å². The molecule has 3 amide bonds. The van der Waals surface area contributed by atoms with Gasteiger partial charge >= 0.3 is 12.2 Å². The van der Waals surface area contributed by atoms with Gasteiger partial charge in [0, 0.05) is 13.1 Å². The lowest BCUT2D eigenvalue weighted by atomic mass is 10.2. The first-order chi connectivity index (χ1) is 14.7. The van der Waals surface area contributed by atoms with Crippen molar-refractivity contribution in [2.45, 2.75) is 38.7 Å². The molecule has 1 aliphatic rings. The first-order valence-electron chi connectivity index (χ1n) is 9.20. The minimum absolute atomic E-state index is 0.0500. The maximum atomic E-state index is 12.5. The molecule has 1 fully saturated rings. The number of halogens is 3. The normalized spacial score (nSPS) is 16.7. The summed E-state index contributed by atoms with van der Waals surface area (Å²) in [5.74, 6) is -0.460. The fourth-order valence-corrected chi connectivity index (χ4v) is 3.24. The first-order valence-corrected chi connectivity index (χ1v) is 9.20. The van der Waals surface area contributed by atoms with Crippen molar-refractivity contribution >= 4 is 17.6 Å². The van der Waals surface area contributed by atoms with E-state index in [1.165, 1.54) is 15.6 Å². The molecule has 2 N–H and O–H groups in total. The highest BCUT2D eigenvalue weighted by molar-refractivity contribution is 5.92. The smallest absolute Gasteiger partial charge is 0.345 e. The van der Waals surface area contributed by atoms with E-state index in [1.54, 1.807) is 19.2 Å². The number of nitrogens with one attached hydrogen (secondary N) is 2. The standard InChI is InChI=1S/C17H17F3N8O3/c1-9-14(26-31-25-9)15(29)21-5-12-8-28-13(23-12)2-10(4-22-28)6-27-7-11(24-16(27)30)3-17(18,19)20/h2,4,8,11H,3,5-7H2,1H3,(H,21,29)(H,24,30). The number of alkyl halides is 3. The number of fused-ring (bicyclic) bond motifs is 1. The third-order valence-electron chi connectivity index (χ3n) is 4.63. The molecule has 1 unspecified atom stereocenters. The third kappa shape index (κ3) is 4.73. The highest BCUT2D eigenvalue weighted by atomic mass is 19.4. The molecule has 164 valence electrons. The summed E-state index contributed by atoms with van der Waals surface area (Å²) >= 11 is 0. The number of carbonyl (C=O) groups excluding carboxylic acids is 2. The van der Waals surface area contributed by atoms with Gasteiger partial charge in [-0.05, 0) is 23.7 Å². The van der Waals surface area contributed by atoms with Crippen LogP contribution in [-0.2, 0) is 13.1 Å². The molecule has 4 heterocycles. The average Bonchev–Trinajstić information content (AvgIpc) is 3.37. The number of urea groups is 1. The molecule has 0 bridgehead atoms. The number of hydrogen-bond acceptors (Lipinski definition) is 7. The summed E-state index contributed by atoms with van der Waals surface area (Å²) in [6, 6.07) is 0.141. The van der Waals surface area contributed by atoms with Crippen molar-refractivity contribution in [3.8, 4) is 0 Å². The van der Waals surface area contributed by atoms with E-state index in [9.17, 15) is 22.8 Å². The number of imidazole rings is 1. The molecular formula is C17H17F3N8O3. The monoisotopic (exact) mass is 438 g/mol. The molecule has 11 nitrogen and oxygen atoms in total. The molecule has 4 rings (SSSR count). The largest absolute Gasteiger partial charge is 0.391 e. The maximum Gasteiger partial charge on any atom is 0.391 e. The molecule has 14 heteroatoms. The zero-order valence-corrected chi connectivity index (χ0v) is 16.2. The van der Waals surface area contributed by atoms with E-state index in [0.717, 1.165) is 0 Å². The van der Waals surface area contributed by atoms with E-state index in [4.69, 9.17) is 0 Å². The highest BCUT2D eigenvalue weighted by Crippen LogP contribution is 2.24. The van der Waals surface area contributed by atoms with Crippen LogP contribution in [0.2, 0.25) is 0 Å². The van der Waals surface area contributed by atoms with Crippen LogP contribution in [0.3, 0.4) is 0 Å². The van der Waals surface area contributed by atoms with E-state index in [-0.39, 0.29) is 25.3 Å². The minimum atomic E-state index is -4.35. The second-order valence-corrected chi connectivity index (χ2v) is 7.13. The fraction of sp³-hybridized carbons (Fsp3) is 0.412. The van der Waals surface area contributed by atoms with Crippen LogP contribution in [0.1, 0.15) is 33.9 Å². The lowest BCUT2D eigenvalue weighted by Crippen LogP contribution is -2.31. The van der Waals surface area contributed by atoms with Gasteiger partial charge in [0.15, 0.2) is 11.3 Å². The van der Waals surface area contributed by atoms with E-state index in [2.05, 4.69) is 35.7 Å². The van der Waals surface area contributed by atoms with E-state index < -0.39 is 30.6 Å². The van der Waals surface area contributed by atoms with Crippen molar-refractivity contribution in [1.82, 2.24) is 40.4 Å². The number of amides is 3. The summed E-state index contributed by atoms with van der Waals surface area (Å²) in [6.07, 6.45) is -2.30. The number of rotatable bonds is 6. The van der Waals surface area contributed by atoms with Gasteiger partial charge in [0.05, 0.1) is 37.1 Å². The second kappa shape index (κ2) is 7.85. The Kier molecular flexibility index (Phi) is 5.20. The average molecular weight is 438 g/mol. The Morgan fingerprint density at radius 1 is 1.39 bits per heavy atom. The van der Waals surface area contributed by atoms with Gasteiger partial charge in [-0.1, -0.05) is 5.16 Å². The van der Waals surface area contributed by atoms with E-state index in [0.29, 0.717) is 22.6 Å². The van der Waals surface area contributed by atoms with Gasteiger partial charge in [0.25, 0.3) is 5.91 Å². The summed E-state index contributed by atoms with van der Waals surface area (Å²) in [5.41, 5.74) is 2.05. The Morgan fingerprint density at radius 2 is 2.19 bits per heavy atom. The van der Waals surface area contributed by atoms with Crippen LogP contribution < -0.4 is 10.6 Å². The summed E-state index contributed by atoms with van der Waals surface area (Å²) in [6.45, 7) is 1.75. The molecule has 1 saturated heterocycles. The second-order valence-electron chi connectivity index (χ2n) is 7.13. The fourth-order valence-electron chi connectivity index (χ4n) is 3.24. The summed E-state index contributed by atoms with van der Waals surface area (Å²) in [4.78, 5) is 29.7. The van der Waals surface area contributed by atoms with Crippen LogP contribution in [0.5, 0.6) is 0 Å². The first kappa shape index (κ1) is 20.6. The molecule has 0 spiro atoms. The molecule has 31 heavy (non-hydrogen) atoms. The predicted molar refractivity (Wildman–Crippen MR) is 96.6 cm³/mol. The summed E-state index contributed by atoms with van der Waals surface area (Å²) in [7, 11) is 0.